The van der Waals surface area contributed by atoms with E-state index in [1.807, 2.05) is 0 Å². The minimum absolute atomic E-state index is 0.0529. The maximum Gasteiger partial charge on any atom is 0.387 e. The highest BCUT2D eigenvalue weighted by Crippen LogP contribution is 2.29. The Hall–Kier alpha value is -0.680. The van der Waals surface area contributed by atoms with E-state index < -0.39 is 6.61 Å². The van der Waals surface area contributed by atoms with Gasteiger partial charge in [0.15, 0.2) is 0 Å². The lowest BCUT2D eigenvalue weighted by molar-refractivity contribution is -0.115. The Morgan fingerprint density at radius 3 is 2.75 bits per heavy atom. The Labute approximate surface area is 105 Å². The Morgan fingerprint density at radius 1 is 1.50 bits per heavy atom. The second kappa shape index (κ2) is 6.15. The molecule has 0 aliphatic carbocycles. The molecule has 1 aromatic carbocycles. The summed E-state index contributed by atoms with van der Waals surface area (Å²) in [4.78, 5) is 11.2. The Morgan fingerprint density at radius 2 is 2.19 bits per heavy atom. The highest BCUT2D eigenvalue weighted by atomic mass is 79.9. The number of alkyl halides is 3. The first-order valence-corrected chi connectivity index (χ1v) is 5.84. The normalized spacial score (nSPS) is 10.6. The Balaban J connectivity index is 2.90. The number of hydrogen-bond acceptors (Lipinski definition) is 2. The average Bonchev–Trinajstić information content (AvgIpc) is 2.23. The molecule has 0 radical (unpaired) electrons. The Bertz CT molecular complexity index is 385. The van der Waals surface area contributed by atoms with Crippen LogP contribution in [0.3, 0.4) is 0 Å². The summed E-state index contributed by atoms with van der Waals surface area (Å²) in [6.07, 6.45) is 0.0878. The third kappa shape index (κ3) is 3.72. The molecule has 0 aromatic heterocycles. The van der Waals surface area contributed by atoms with Crippen molar-refractivity contribution in [1.29, 1.82) is 0 Å². The van der Waals surface area contributed by atoms with E-state index in [9.17, 15) is 13.6 Å². The monoisotopic (exact) mass is 312 g/mol. The molecule has 2 nitrogen and oxygen atoms in total. The van der Waals surface area contributed by atoms with Crippen LogP contribution in [0.4, 0.5) is 8.78 Å². The van der Waals surface area contributed by atoms with Crippen molar-refractivity contribution in [3.8, 4) is 5.75 Å². The SMILES string of the molecule is O=C(CBr)Cc1cccc(OC(F)F)c1Cl. The largest absolute Gasteiger partial charge is 0.433 e. The first kappa shape index (κ1) is 13.4. The lowest BCUT2D eigenvalue weighted by Gasteiger charge is -2.09. The molecular formula is C10H8BrClF2O2. The van der Waals surface area contributed by atoms with Gasteiger partial charge >= 0.3 is 6.61 Å². The second-order valence-electron chi connectivity index (χ2n) is 2.96. The molecule has 0 heterocycles. The molecule has 1 aromatic rings. The van der Waals surface area contributed by atoms with Crippen molar-refractivity contribution in [2.45, 2.75) is 13.0 Å². The number of rotatable bonds is 5. The maximum absolute atomic E-state index is 12.0. The van der Waals surface area contributed by atoms with E-state index in [-0.39, 0.29) is 28.3 Å². The van der Waals surface area contributed by atoms with E-state index >= 15 is 0 Å². The summed E-state index contributed by atoms with van der Waals surface area (Å²) < 4.78 is 28.2. The molecule has 0 N–H and O–H groups in total. The van der Waals surface area contributed by atoms with Gasteiger partial charge < -0.3 is 4.74 Å². The maximum atomic E-state index is 12.0. The van der Waals surface area contributed by atoms with Crippen LogP contribution in [0.2, 0.25) is 5.02 Å². The van der Waals surface area contributed by atoms with Crippen molar-refractivity contribution in [3.05, 3.63) is 28.8 Å². The number of benzene rings is 1. The fraction of sp³-hybridized carbons (Fsp3) is 0.300. The first-order valence-electron chi connectivity index (χ1n) is 4.34. The molecule has 1 rings (SSSR count). The summed E-state index contributed by atoms with van der Waals surface area (Å²) in [5, 5.41) is 0.251. The highest BCUT2D eigenvalue weighted by Gasteiger charge is 2.13. The third-order valence-corrected chi connectivity index (χ3v) is 2.85. The molecule has 0 aliphatic rings. The number of hydrogen-bond donors (Lipinski definition) is 0. The van der Waals surface area contributed by atoms with Crippen LogP contribution in [0.15, 0.2) is 18.2 Å². The summed E-state index contributed by atoms with van der Waals surface area (Å²) in [7, 11) is 0. The molecule has 0 unspecified atom stereocenters. The Kier molecular flexibility index (Phi) is 5.15. The summed E-state index contributed by atoms with van der Waals surface area (Å²) >= 11 is 8.84. The average molecular weight is 314 g/mol. The van der Waals surface area contributed by atoms with Crippen molar-refractivity contribution in [1.82, 2.24) is 0 Å². The summed E-state index contributed by atoms with van der Waals surface area (Å²) in [5.74, 6) is -0.201. The van der Waals surface area contributed by atoms with Crippen LogP contribution in [0.25, 0.3) is 0 Å². The van der Waals surface area contributed by atoms with Gasteiger partial charge in [-0.25, -0.2) is 0 Å². The molecule has 0 saturated heterocycles. The lowest BCUT2D eigenvalue weighted by atomic mass is 10.1. The van der Waals surface area contributed by atoms with Crippen molar-refractivity contribution >= 4 is 33.3 Å². The van der Waals surface area contributed by atoms with E-state index in [1.165, 1.54) is 12.1 Å². The van der Waals surface area contributed by atoms with Gasteiger partial charge in [-0.1, -0.05) is 39.7 Å². The molecule has 0 saturated carbocycles. The molecule has 88 valence electrons. The van der Waals surface area contributed by atoms with Crippen molar-refractivity contribution in [3.63, 3.8) is 0 Å². The topological polar surface area (TPSA) is 26.3 Å². The number of Topliss-reactive ketones (excluding diaryl/α,β-unsaturated/α-hetero) is 1. The van der Waals surface area contributed by atoms with Crippen LogP contribution >= 0.6 is 27.5 Å². The molecular weight excluding hydrogens is 305 g/mol. The first-order chi connectivity index (χ1) is 7.54. The summed E-state index contributed by atoms with van der Waals surface area (Å²) in [6, 6.07) is 4.44. The smallest absolute Gasteiger partial charge is 0.387 e. The fourth-order valence-corrected chi connectivity index (χ4v) is 1.58. The van der Waals surface area contributed by atoms with Crippen molar-refractivity contribution in [2.75, 3.05) is 5.33 Å². The van der Waals surface area contributed by atoms with Gasteiger partial charge in [0.25, 0.3) is 0 Å². The van der Waals surface area contributed by atoms with E-state index in [0.29, 0.717) is 5.56 Å². The zero-order chi connectivity index (χ0) is 12.1. The number of halogens is 4. The van der Waals surface area contributed by atoms with Crippen LogP contribution in [-0.4, -0.2) is 17.7 Å². The minimum atomic E-state index is -2.93. The van der Waals surface area contributed by atoms with Crippen molar-refractivity contribution in [2.24, 2.45) is 0 Å². The zero-order valence-electron chi connectivity index (χ0n) is 8.05. The second-order valence-corrected chi connectivity index (χ2v) is 3.90. The number of ether oxygens (including phenoxy) is 1. The molecule has 0 bridgehead atoms. The van der Waals surface area contributed by atoms with E-state index in [4.69, 9.17) is 11.6 Å². The van der Waals surface area contributed by atoms with Gasteiger partial charge in [-0.2, -0.15) is 8.78 Å². The third-order valence-electron chi connectivity index (χ3n) is 1.80. The van der Waals surface area contributed by atoms with E-state index in [0.717, 1.165) is 0 Å². The molecule has 0 amide bonds. The van der Waals surface area contributed by atoms with Gasteiger partial charge in [-0.05, 0) is 11.6 Å². The van der Waals surface area contributed by atoms with Crippen LogP contribution in [0.5, 0.6) is 5.75 Å². The van der Waals surface area contributed by atoms with Crippen LogP contribution < -0.4 is 4.74 Å². The molecule has 0 aliphatic heterocycles. The van der Waals surface area contributed by atoms with Crippen LogP contribution in [0.1, 0.15) is 5.56 Å². The lowest BCUT2D eigenvalue weighted by Crippen LogP contribution is -2.06. The molecule has 6 heteroatoms. The standard InChI is InChI=1S/C10H8BrClF2O2/c11-5-7(15)4-6-2-1-3-8(9(6)12)16-10(13)14/h1-3,10H,4-5H2. The predicted molar refractivity (Wildman–Crippen MR) is 60.6 cm³/mol. The van der Waals surface area contributed by atoms with Crippen LogP contribution in [-0.2, 0) is 11.2 Å². The minimum Gasteiger partial charge on any atom is -0.433 e. The predicted octanol–water partition coefficient (Wildman–Crippen LogP) is 3.45. The quantitative estimate of drug-likeness (QED) is 0.778. The van der Waals surface area contributed by atoms with Gasteiger partial charge in [0.05, 0.1) is 10.4 Å². The van der Waals surface area contributed by atoms with Gasteiger partial charge in [0.1, 0.15) is 11.5 Å². The van der Waals surface area contributed by atoms with E-state index in [2.05, 4.69) is 20.7 Å². The van der Waals surface area contributed by atoms with Gasteiger partial charge in [-0.3, -0.25) is 4.79 Å². The molecule has 0 spiro atoms. The van der Waals surface area contributed by atoms with Gasteiger partial charge in [0.2, 0.25) is 0 Å². The van der Waals surface area contributed by atoms with Gasteiger partial charge in [0, 0.05) is 6.42 Å². The summed E-state index contributed by atoms with van der Waals surface area (Å²) in [5.41, 5.74) is 0.476. The van der Waals surface area contributed by atoms with Crippen molar-refractivity contribution < 1.29 is 18.3 Å². The van der Waals surface area contributed by atoms with Gasteiger partial charge in [-0.15, -0.1) is 0 Å². The van der Waals surface area contributed by atoms with E-state index in [1.54, 1.807) is 6.07 Å². The molecule has 0 atom stereocenters. The molecule has 0 fully saturated rings. The fourth-order valence-electron chi connectivity index (χ4n) is 1.14. The number of carbonyl (C=O) groups is 1. The zero-order valence-corrected chi connectivity index (χ0v) is 10.4. The summed E-state index contributed by atoms with van der Waals surface area (Å²) in [6.45, 7) is -2.93. The number of carbonyl (C=O) groups excluding carboxylic acids is 1. The highest BCUT2D eigenvalue weighted by molar-refractivity contribution is 9.09. The van der Waals surface area contributed by atoms with Crippen LogP contribution in [0, 0.1) is 0 Å². The molecule has 16 heavy (non-hydrogen) atoms. The number of ketones is 1.